The van der Waals surface area contributed by atoms with Crippen molar-refractivity contribution in [1.82, 2.24) is 10.4 Å². The zero-order valence-corrected chi connectivity index (χ0v) is 22.0. The van der Waals surface area contributed by atoms with Crippen LogP contribution in [0.4, 0.5) is 4.79 Å². The van der Waals surface area contributed by atoms with E-state index in [1.807, 2.05) is 66.7 Å². The van der Waals surface area contributed by atoms with Gasteiger partial charge in [-0.25, -0.2) is 9.59 Å². The molecule has 6 rings (SSSR count). The van der Waals surface area contributed by atoms with Gasteiger partial charge < -0.3 is 14.9 Å². The van der Waals surface area contributed by atoms with Crippen molar-refractivity contribution < 1.29 is 28.8 Å². The fourth-order valence-corrected chi connectivity index (χ4v) is 5.41. The van der Waals surface area contributed by atoms with E-state index in [1.54, 1.807) is 12.1 Å². The summed E-state index contributed by atoms with van der Waals surface area (Å²) in [5.74, 6) is -3.22. The number of carbonyl (C=O) groups is 4. The van der Waals surface area contributed by atoms with Crippen LogP contribution in [0.15, 0.2) is 103 Å². The van der Waals surface area contributed by atoms with Crippen LogP contribution in [0.5, 0.6) is 0 Å². The van der Waals surface area contributed by atoms with Crippen LogP contribution in [0.2, 0.25) is 0 Å². The fourth-order valence-electron chi connectivity index (χ4n) is 5.41. The lowest BCUT2D eigenvalue weighted by atomic mass is 9.98. The number of benzene rings is 4. The average molecular weight is 547 g/mol. The Morgan fingerprint density at radius 2 is 1.22 bits per heavy atom. The average Bonchev–Trinajstić information content (AvgIpc) is 3.45. The SMILES string of the molecule is O=C(NCC(Cc1ccccc1)C(=O)ON1C(=O)c2ccccc2C1=O)OCC1c2ccccc2-c2ccccc21. The third-order valence-electron chi connectivity index (χ3n) is 7.43. The number of fused-ring (bicyclic) bond motifs is 4. The molecular formula is C33H26N2O6. The standard InChI is InChI=1S/C33H26N2O6/c36-30-27-16-8-9-17-28(27)31(37)35(30)41-32(38)22(18-21-10-2-1-3-11-21)19-34-33(39)40-20-29-25-14-6-4-12-23(25)24-13-5-7-15-26(24)29/h1-17,22,29H,18-20H2,(H,34,39). The lowest BCUT2D eigenvalue weighted by Crippen LogP contribution is -2.40. The first-order valence-corrected chi connectivity index (χ1v) is 13.3. The number of carbonyl (C=O) groups excluding carboxylic acids is 4. The number of rotatable bonds is 8. The number of hydrogen-bond acceptors (Lipinski definition) is 6. The largest absolute Gasteiger partial charge is 0.449 e. The molecule has 0 aromatic heterocycles. The van der Waals surface area contributed by atoms with E-state index in [0.29, 0.717) is 5.06 Å². The zero-order valence-electron chi connectivity index (χ0n) is 22.0. The minimum absolute atomic E-state index is 0.105. The molecule has 0 saturated heterocycles. The molecule has 0 fully saturated rings. The van der Waals surface area contributed by atoms with Crippen LogP contribution < -0.4 is 5.32 Å². The van der Waals surface area contributed by atoms with Gasteiger partial charge in [0.2, 0.25) is 0 Å². The first-order chi connectivity index (χ1) is 20.0. The molecule has 4 aromatic rings. The van der Waals surface area contributed by atoms with Crippen molar-refractivity contribution in [3.05, 3.63) is 131 Å². The Morgan fingerprint density at radius 3 is 1.80 bits per heavy atom. The van der Waals surface area contributed by atoms with E-state index in [0.717, 1.165) is 27.8 Å². The second-order valence-electron chi connectivity index (χ2n) is 9.95. The molecule has 204 valence electrons. The summed E-state index contributed by atoms with van der Waals surface area (Å²) in [4.78, 5) is 56.8. The van der Waals surface area contributed by atoms with Gasteiger partial charge in [0.1, 0.15) is 6.61 Å². The van der Waals surface area contributed by atoms with Gasteiger partial charge in [-0.05, 0) is 46.4 Å². The molecule has 1 N–H and O–H groups in total. The molecular weight excluding hydrogens is 520 g/mol. The summed E-state index contributed by atoms with van der Waals surface area (Å²) in [5.41, 5.74) is 5.59. The molecule has 0 saturated carbocycles. The number of imide groups is 1. The van der Waals surface area contributed by atoms with Gasteiger partial charge in [-0.1, -0.05) is 96.1 Å². The maximum Gasteiger partial charge on any atom is 0.407 e. The molecule has 8 heteroatoms. The monoisotopic (exact) mass is 546 g/mol. The summed E-state index contributed by atoms with van der Waals surface area (Å²) in [6, 6.07) is 31.6. The van der Waals surface area contributed by atoms with Crippen LogP contribution in [0.3, 0.4) is 0 Å². The first kappa shape index (κ1) is 26.0. The van der Waals surface area contributed by atoms with Gasteiger partial charge >= 0.3 is 12.1 Å². The molecule has 0 bridgehead atoms. The van der Waals surface area contributed by atoms with Crippen LogP contribution in [-0.2, 0) is 20.8 Å². The number of hydrogen-bond donors (Lipinski definition) is 1. The number of hydroxylamine groups is 2. The van der Waals surface area contributed by atoms with E-state index in [9.17, 15) is 19.2 Å². The van der Waals surface area contributed by atoms with Gasteiger partial charge in [-0.15, -0.1) is 0 Å². The van der Waals surface area contributed by atoms with Crippen LogP contribution in [0.25, 0.3) is 11.1 Å². The summed E-state index contributed by atoms with van der Waals surface area (Å²) in [6.45, 7) is 0.0102. The molecule has 1 aliphatic carbocycles. The second kappa shape index (κ2) is 11.1. The summed E-state index contributed by atoms with van der Waals surface area (Å²) < 4.78 is 5.61. The van der Waals surface area contributed by atoms with Gasteiger partial charge in [0.15, 0.2) is 0 Å². The number of nitrogens with one attached hydrogen (secondary N) is 1. The molecule has 0 radical (unpaired) electrons. The van der Waals surface area contributed by atoms with Crippen LogP contribution in [-0.4, -0.2) is 42.1 Å². The minimum Gasteiger partial charge on any atom is -0.449 e. The van der Waals surface area contributed by atoms with Gasteiger partial charge in [-0.3, -0.25) is 9.59 Å². The van der Waals surface area contributed by atoms with Crippen molar-refractivity contribution >= 4 is 23.9 Å². The van der Waals surface area contributed by atoms with Crippen molar-refractivity contribution in [3.8, 4) is 11.1 Å². The predicted molar refractivity (Wildman–Crippen MR) is 150 cm³/mol. The van der Waals surface area contributed by atoms with Crippen molar-refractivity contribution in [2.24, 2.45) is 5.92 Å². The molecule has 4 aromatic carbocycles. The Hall–Kier alpha value is -5.24. The molecule has 1 atom stereocenters. The van der Waals surface area contributed by atoms with Crippen LogP contribution in [0.1, 0.15) is 43.3 Å². The summed E-state index contributed by atoms with van der Waals surface area (Å²) in [7, 11) is 0. The highest BCUT2D eigenvalue weighted by Crippen LogP contribution is 2.44. The highest BCUT2D eigenvalue weighted by molar-refractivity contribution is 6.20. The Morgan fingerprint density at radius 1 is 0.707 bits per heavy atom. The van der Waals surface area contributed by atoms with E-state index in [-0.39, 0.29) is 36.6 Å². The van der Waals surface area contributed by atoms with Crippen molar-refractivity contribution in [3.63, 3.8) is 0 Å². The van der Waals surface area contributed by atoms with Gasteiger partial charge in [0.05, 0.1) is 17.0 Å². The van der Waals surface area contributed by atoms with Gasteiger partial charge in [-0.2, -0.15) is 0 Å². The molecule has 41 heavy (non-hydrogen) atoms. The fraction of sp³-hybridized carbons (Fsp3) is 0.152. The van der Waals surface area contributed by atoms with E-state index < -0.39 is 29.8 Å². The van der Waals surface area contributed by atoms with E-state index in [4.69, 9.17) is 9.57 Å². The third-order valence-corrected chi connectivity index (χ3v) is 7.43. The molecule has 1 aliphatic heterocycles. The van der Waals surface area contributed by atoms with Gasteiger partial charge in [0.25, 0.3) is 11.8 Å². The molecule has 0 spiro atoms. The lowest BCUT2D eigenvalue weighted by molar-refractivity contribution is -0.173. The Labute approximate surface area is 236 Å². The van der Waals surface area contributed by atoms with Crippen LogP contribution >= 0.6 is 0 Å². The molecule has 8 nitrogen and oxygen atoms in total. The predicted octanol–water partition coefficient (Wildman–Crippen LogP) is 5.14. The number of amides is 3. The molecule has 1 heterocycles. The summed E-state index contributed by atoms with van der Waals surface area (Å²) in [5, 5.41) is 3.15. The lowest BCUT2D eigenvalue weighted by Gasteiger charge is -2.20. The van der Waals surface area contributed by atoms with Crippen molar-refractivity contribution in [2.45, 2.75) is 12.3 Å². The maximum atomic E-state index is 13.2. The Balaban J connectivity index is 1.12. The highest BCUT2D eigenvalue weighted by Gasteiger charge is 2.40. The quantitative estimate of drug-likeness (QED) is 0.307. The summed E-state index contributed by atoms with van der Waals surface area (Å²) >= 11 is 0. The van der Waals surface area contributed by atoms with E-state index >= 15 is 0 Å². The summed E-state index contributed by atoms with van der Waals surface area (Å²) in [6.07, 6.45) is -0.467. The smallest absolute Gasteiger partial charge is 0.407 e. The zero-order chi connectivity index (χ0) is 28.3. The Kier molecular flexibility index (Phi) is 7.04. The van der Waals surface area contributed by atoms with Gasteiger partial charge in [0, 0.05) is 12.5 Å². The third kappa shape index (κ3) is 5.07. The normalized spacial score (nSPS) is 14.2. The Bertz CT molecular complexity index is 1570. The van der Waals surface area contributed by atoms with Crippen molar-refractivity contribution in [2.75, 3.05) is 13.2 Å². The number of ether oxygens (including phenoxy) is 1. The van der Waals surface area contributed by atoms with Crippen molar-refractivity contribution in [1.29, 1.82) is 0 Å². The highest BCUT2D eigenvalue weighted by atomic mass is 16.7. The maximum absolute atomic E-state index is 13.2. The van der Waals surface area contributed by atoms with E-state index in [2.05, 4.69) is 17.4 Å². The number of alkyl carbamates (subject to hydrolysis) is 1. The second-order valence-corrected chi connectivity index (χ2v) is 9.95. The molecule has 2 aliphatic rings. The first-order valence-electron chi connectivity index (χ1n) is 13.3. The topological polar surface area (TPSA) is 102 Å². The number of nitrogens with zero attached hydrogens (tertiary/aromatic N) is 1. The molecule has 3 amide bonds. The molecule has 1 unspecified atom stereocenters. The minimum atomic E-state index is -0.887. The van der Waals surface area contributed by atoms with Crippen LogP contribution in [0, 0.1) is 5.92 Å². The van der Waals surface area contributed by atoms with E-state index in [1.165, 1.54) is 12.1 Å².